The Morgan fingerprint density at radius 1 is 1.19 bits per heavy atom. The summed E-state index contributed by atoms with van der Waals surface area (Å²) in [4.78, 5) is 9.17. The molecule has 1 saturated carbocycles. The fourth-order valence-electron chi connectivity index (χ4n) is 3.93. The van der Waals surface area contributed by atoms with E-state index in [0.29, 0.717) is 6.42 Å². The first-order chi connectivity index (χ1) is 12.4. The second-order valence-corrected chi connectivity index (χ2v) is 8.76. The molecule has 3 N–H and O–H groups in total. The van der Waals surface area contributed by atoms with Gasteiger partial charge in [-0.3, -0.25) is 0 Å². The lowest BCUT2D eigenvalue weighted by Gasteiger charge is -2.25. The lowest BCUT2D eigenvalue weighted by Crippen LogP contribution is -2.37. The van der Waals surface area contributed by atoms with Crippen LogP contribution in [-0.2, 0) is 11.8 Å². The summed E-state index contributed by atoms with van der Waals surface area (Å²) in [6.07, 6.45) is 7.78. The smallest absolute Gasteiger partial charge is 0.133 e. The van der Waals surface area contributed by atoms with Gasteiger partial charge in [-0.2, -0.15) is 0 Å². The number of aliphatic hydroxyl groups excluding tert-OH is 2. The van der Waals surface area contributed by atoms with Crippen molar-refractivity contribution in [1.82, 2.24) is 15.3 Å². The Balaban J connectivity index is 2.04. The van der Waals surface area contributed by atoms with Crippen LogP contribution in [0.4, 0.5) is 0 Å². The van der Waals surface area contributed by atoms with Gasteiger partial charge in [-0.25, -0.2) is 9.97 Å². The molecule has 26 heavy (non-hydrogen) atoms. The molecule has 1 aliphatic rings. The summed E-state index contributed by atoms with van der Waals surface area (Å²) in [7, 11) is 0. The van der Waals surface area contributed by atoms with Gasteiger partial charge in [-0.15, -0.1) is 0 Å². The monoisotopic (exact) mass is 363 g/mol. The van der Waals surface area contributed by atoms with E-state index < -0.39 is 6.10 Å². The summed E-state index contributed by atoms with van der Waals surface area (Å²) in [5.41, 5.74) is 0.915. The molecule has 4 atom stereocenters. The minimum atomic E-state index is -0.443. The molecule has 4 unspecified atom stereocenters. The van der Waals surface area contributed by atoms with Crippen molar-refractivity contribution >= 4 is 0 Å². The number of aromatic nitrogens is 2. The normalized spacial score (nSPS) is 26.4. The van der Waals surface area contributed by atoms with E-state index in [1.165, 1.54) is 25.7 Å². The molecule has 1 aromatic heterocycles. The molecule has 1 heterocycles. The van der Waals surface area contributed by atoms with E-state index in [2.05, 4.69) is 38.0 Å². The number of rotatable bonds is 9. The highest BCUT2D eigenvalue weighted by atomic mass is 16.3. The van der Waals surface area contributed by atoms with Gasteiger partial charge in [-0.1, -0.05) is 47.0 Å². The van der Waals surface area contributed by atoms with Crippen molar-refractivity contribution in [2.45, 2.75) is 83.8 Å². The number of nitrogens with one attached hydrogen (secondary N) is 1. The van der Waals surface area contributed by atoms with Crippen LogP contribution in [-0.4, -0.2) is 45.5 Å². The lowest BCUT2D eigenvalue weighted by atomic mass is 9.88. The van der Waals surface area contributed by atoms with Gasteiger partial charge in [0.1, 0.15) is 5.82 Å². The van der Waals surface area contributed by atoms with Gasteiger partial charge in [0.25, 0.3) is 0 Å². The van der Waals surface area contributed by atoms with Crippen LogP contribution >= 0.6 is 0 Å². The predicted octanol–water partition coefficient (Wildman–Crippen LogP) is 2.84. The third-order valence-corrected chi connectivity index (χ3v) is 5.53. The van der Waals surface area contributed by atoms with E-state index in [-0.39, 0.29) is 29.9 Å². The molecule has 0 aliphatic heterocycles. The molecule has 0 radical (unpaired) electrons. The molecular formula is C21H37N3O2. The summed E-state index contributed by atoms with van der Waals surface area (Å²) < 4.78 is 0. The summed E-state index contributed by atoms with van der Waals surface area (Å²) >= 11 is 0. The quantitative estimate of drug-likeness (QED) is 0.588. The Bertz CT molecular complexity index is 544. The van der Waals surface area contributed by atoms with Crippen LogP contribution in [0.1, 0.15) is 71.3 Å². The van der Waals surface area contributed by atoms with Crippen molar-refractivity contribution in [2.75, 3.05) is 13.2 Å². The molecule has 0 saturated heterocycles. The molecule has 0 amide bonds. The van der Waals surface area contributed by atoms with Gasteiger partial charge in [0.2, 0.25) is 0 Å². The Morgan fingerprint density at radius 3 is 2.62 bits per heavy atom. The Morgan fingerprint density at radius 2 is 1.96 bits per heavy atom. The standard InChI is InChI=1S/C21H37N3O2/c1-5-6-7-8-10-22-18-13-19(26)17(14-25)16(18)12-15-9-11-23-20(24-15)21(2,3)4/h9,11,16-19,22,25-26H,5-8,10,12-14H2,1-4H3. The maximum atomic E-state index is 10.4. The van der Waals surface area contributed by atoms with E-state index in [1.807, 2.05) is 12.3 Å². The summed E-state index contributed by atoms with van der Waals surface area (Å²) in [6.45, 7) is 9.56. The topological polar surface area (TPSA) is 78.3 Å². The molecule has 0 aromatic carbocycles. The van der Waals surface area contributed by atoms with Crippen LogP contribution in [0.5, 0.6) is 0 Å². The van der Waals surface area contributed by atoms with Crippen molar-refractivity contribution in [1.29, 1.82) is 0 Å². The van der Waals surface area contributed by atoms with Gasteiger partial charge >= 0.3 is 0 Å². The Hall–Kier alpha value is -1.04. The number of unbranched alkanes of at least 4 members (excludes halogenated alkanes) is 3. The lowest BCUT2D eigenvalue weighted by molar-refractivity contribution is 0.0716. The average molecular weight is 364 g/mol. The molecule has 5 heteroatoms. The van der Waals surface area contributed by atoms with E-state index in [9.17, 15) is 10.2 Å². The largest absolute Gasteiger partial charge is 0.396 e. The third kappa shape index (κ3) is 5.73. The van der Waals surface area contributed by atoms with E-state index >= 15 is 0 Å². The Labute approximate surface area is 158 Å². The number of hydrogen-bond donors (Lipinski definition) is 3. The first kappa shape index (κ1) is 21.3. The molecule has 2 rings (SSSR count). The molecule has 1 fully saturated rings. The van der Waals surface area contributed by atoms with E-state index in [1.54, 1.807) is 0 Å². The van der Waals surface area contributed by atoms with Crippen LogP contribution in [0.25, 0.3) is 0 Å². The van der Waals surface area contributed by atoms with Crippen LogP contribution in [0, 0.1) is 11.8 Å². The van der Waals surface area contributed by atoms with Gasteiger partial charge < -0.3 is 15.5 Å². The SMILES string of the molecule is CCCCCCNC1CC(O)C(CO)C1Cc1ccnc(C(C)(C)C)n1. The van der Waals surface area contributed by atoms with Crippen LogP contribution in [0.3, 0.4) is 0 Å². The first-order valence-corrected chi connectivity index (χ1v) is 10.2. The van der Waals surface area contributed by atoms with Crippen molar-refractivity contribution in [3.05, 3.63) is 23.8 Å². The summed E-state index contributed by atoms with van der Waals surface area (Å²) in [5, 5.41) is 23.8. The number of aliphatic hydroxyl groups is 2. The van der Waals surface area contributed by atoms with E-state index in [0.717, 1.165) is 24.5 Å². The second-order valence-electron chi connectivity index (χ2n) is 8.76. The maximum absolute atomic E-state index is 10.4. The molecule has 5 nitrogen and oxygen atoms in total. The highest BCUT2D eigenvalue weighted by Gasteiger charge is 2.41. The molecule has 0 spiro atoms. The molecule has 1 aliphatic carbocycles. The molecule has 1 aromatic rings. The zero-order chi connectivity index (χ0) is 19.2. The highest BCUT2D eigenvalue weighted by Crippen LogP contribution is 2.35. The highest BCUT2D eigenvalue weighted by molar-refractivity contribution is 5.11. The van der Waals surface area contributed by atoms with E-state index in [4.69, 9.17) is 4.98 Å². The number of hydrogen-bond acceptors (Lipinski definition) is 5. The Kier molecular flexibility index (Phi) is 7.99. The average Bonchev–Trinajstić information content (AvgIpc) is 2.89. The zero-order valence-corrected chi connectivity index (χ0v) is 16.9. The molecular weight excluding hydrogens is 326 g/mol. The van der Waals surface area contributed by atoms with Gasteiger partial charge in [0, 0.05) is 35.9 Å². The van der Waals surface area contributed by atoms with Gasteiger partial charge in [0.05, 0.1) is 6.10 Å². The first-order valence-electron chi connectivity index (χ1n) is 10.2. The van der Waals surface area contributed by atoms with Gasteiger partial charge in [0.15, 0.2) is 0 Å². The van der Waals surface area contributed by atoms with Crippen LogP contribution < -0.4 is 5.32 Å². The van der Waals surface area contributed by atoms with Crippen LogP contribution in [0.15, 0.2) is 12.3 Å². The molecule has 0 bridgehead atoms. The fourth-order valence-corrected chi connectivity index (χ4v) is 3.93. The fraction of sp³-hybridized carbons (Fsp3) is 0.810. The maximum Gasteiger partial charge on any atom is 0.133 e. The van der Waals surface area contributed by atoms with Crippen LogP contribution in [0.2, 0.25) is 0 Å². The predicted molar refractivity (Wildman–Crippen MR) is 105 cm³/mol. The van der Waals surface area contributed by atoms with Crippen molar-refractivity contribution in [3.63, 3.8) is 0 Å². The van der Waals surface area contributed by atoms with Gasteiger partial charge in [-0.05, 0) is 37.8 Å². The molecule has 148 valence electrons. The number of nitrogens with zero attached hydrogens (tertiary/aromatic N) is 2. The third-order valence-electron chi connectivity index (χ3n) is 5.53. The second kappa shape index (κ2) is 9.77. The van der Waals surface area contributed by atoms with Crippen molar-refractivity contribution in [3.8, 4) is 0 Å². The summed E-state index contributed by atoms with van der Waals surface area (Å²) in [5.74, 6) is 0.957. The summed E-state index contributed by atoms with van der Waals surface area (Å²) in [6, 6.07) is 2.20. The minimum Gasteiger partial charge on any atom is -0.396 e. The van der Waals surface area contributed by atoms with Crippen molar-refractivity contribution in [2.24, 2.45) is 11.8 Å². The van der Waals surface area contributed by atoms with Crippen molar-refractivity contribution < 1.29 is 10.2 Å². The minimum absolute atomic E-state index is 0.0249. The zero-order valence-electron chi connectivity index (χ0n) is 16.9.